The summed E-state index contributed by atoms with van der Waals surface area (Å²) in [6.45, 7) is 1.95. The summed E-state index contributed by atoms with van der Waals surface area (Å²) in [7, 11) is 0. The number of aromatic nitrogens is 5. The fourth-order valence-corrected chi connectivity index (χ4v) is 2.89. The third kappa shape index (κ3) is 4.94. The summed E-state index contributed by atoms with van der Waals surface area (Å²) in [6, 6.07) is 13.5. The van der Waals surface area contributed by atoms with Crippen LogP contribution in [-0.2, 0) is 12.6 Å². The quantitative estimate of drug-likeness (QED) is 0.387. The van der Waals surface area contributed by atoms with Gasteiger partial charge in [0.15, 0.2) is 5.82 Å². The molecule has 4 N–H and O–H groups in total. The lowest BCUT2D eigenvalue weighted by molar-refractivity contribution is -0.137. The van der Waals surface area contributed by atoms with Crippen molar-refractivity contribution in [2.24, 2.45) is 0 Å². The lowest BCUT2D eigenvalue weighted by Gasteiger charge is -2.08. The van der Waals surface area contributed by atoms with Gasteiger partial charge in [-0.2, -0.15) is 18.2 Å². The van der Waals surface area contributed by atoms with Crippen LogP contribution in [0, 0.1) is 0 Å². The molecule has 32 heavy (non-hydrogen) atoms. The standard InChI is InChI=1S/C21H18F3N7O/c1-2-14-11-17(28-19(25)26-14)32-16-8-6-12(7-9-16)18-29-20(31-30-18)27-15-5-3-4-13(10-15)21(22,23)24/h3-11H,2H2,1H3,(H2,25,26,28)(H2,27,29,30,31). The molecule has 2 aromatic carbocycles. The molecule has 8 nitrogen and oxygen atoms in total. The predicted octanol–water partition coefficient (Wildman–Crippen LogP) is 4.96. The van der Waals surface area contributed by atoms with E-state index in [2.05, 4.69) is 30.5 Å². The van der Waals surface area contributed by atoms with Crippen molar-refractivity contribution in [1.82, 2.24) is 25.1 Å². The van der Waals surface area contributed by atoms with Crippen molar-refractivity contribution >= 4 is 17.6 Å². The van der Waals surface area contributed by atoms with Gasteiger partial charge >= 0.3 is 6.18 Å². The lowest BCUT2D eigenvalue weighted by Crippen LogP contribution is -2.05. The Kier molecular flexibility index (Phi) is 5.63. The van der Waals surface area contributed by atoms with Crippen LogP contribution < -0.4 is 15.8 Å². The molecule has 0 spiro atoms. The second kappa shape index (κ2) is 8.53. The minimum absolute atomic E-state index is 0.137. The molecule has 11 heteroatoms. The number of H-pyrrole nitrogens is 1. The van der Waals surface area contributed by atoms with Crippen LogP contribution in [0.25, 0.3) is 11.4 Å². The molecule has 0 saturated carbocycles. The molecule has 0 atom stereocenters. The van der Waals surface area contributed by atoms with Gasteiger partial charge in [-0.05, 0) is 48.9 Å². The zero-order chi connectivity index (χ0) is 22.7. The monoisotopic (exact) mass is 441 g/mol. The molecule has 0 radical (unpaired) electrons. The second-order valence-electron chi connectivity index (χ2n) is 6.76. The molecule has 0 aliphatic rings. The highest BCUT2D eigenvalue weighted by atomic mass is 19.4. The topological polar surface area (TPSA) is 115 Å². The highest BCUT2D eigenvalue weighted by Crippen LogP contribution is 2.31. The van der Waals surface area contributed by atoms with E-state index < -0.39 is 11.7 Å². The fourth-order valence-electron chi connectivity index (χ4n) is 2.89. The van der Waals surface area contributed by atoms with Gasteiger partial charge in [0.2, 0.25) is 17.8 Å². The second-order valence-corrected chi connectivity index (χ2v) is 6.76. The third-order valence-corrected chi connectivity index (χ3v) is 4.42. The predicted molar refractivity (Wildman–Crippen MR) is 112 cm³/mol. The van der Waals surface area contributed by atoms with E-state index in [-0.39, 0.29) is 17.6 Å². The van der Waals surface area contributed by atoms with Crippen molar-refractivity contribution in [2.45, 2.75) is 19.5 Å². The Morgan fingerprint density at radius 1 is 1.03 bits per heavy atom. The molecular weight excluding hydrogens is 423 g/mol. The number of aryl methyl sites for hydroxylation is 1. The van der Waals surface area contributed by atoms with Crippen molar-refractivity contribution in [3.8, 4) is 23.0 Å². The summed E-state index contributed by atoms with van der Waals surface area (Å²) in [5.41, 5.74) is 6.65. The van der Waals surface area contributed by atoms with Gasteiger partial charge in [-0.1, -0.05) is 13.0 Å². The van der Waals surface area contributed by atoms with E-state index in [4.69, 9.17) is 10.5 Å². The van der Waals surface area contributed by atoms with Crippen LogP contribution in [-0.4, -0.2) is 25.1 Å². The van der Waals surface area contributed by atoms with E-state index in [1.54, 1.807) is 30.3 Å². The summed E-state index contributed by atoms with van der Waals surface area (Å²) >= 11 is 0. The van der Waals surface area contributed by atoms with Gasteiger partial charge in [0.25, 0.3) is 0 Å². The maximum Gasteiger partial charge on any atom is 0.416 e. The molecule has 0 fully saturated rings. The molecule has 4 rings (SSSR count). The van der Waals surface area contributed by atoms with Gasteiger partial charge < -0.3 is 20.8 Å². The summed E-state index contributed by atoms with van der Waals surface area (Å²) in [6.07, 6.45) is -3.73. The highest BCUT2D eigenvalue weighted by molar-refractivity contribution is 5.60. The van der Waals surface area contributed by atoms with Crippen LogP contribution in [0.1, 0.15) is 18.2 Å². The molecule has 0 unspecified atom stereocenters. The Morgan fingerprint density at radius 3 is 2.53 bits per heavy atom. The number of nitrogen functional groups attached to an aromatic ring is 1. The number of nitrogens with one attached hydrogen (secondary N) is 2. The number of alkyl halides is 3. The largest absolute Gasteiger partial charge is 0.439 e. The maximum atomic E-state index is 12.9. The molecule has 4 aromatic rings. The zero-order valence-corrected chi connectivity index (χ0v) is 16.8. The first-order valence-electron chi connectivity index (χ1n) is 9.59. The molecule has 2 aromatic heterocycles. The Balaban J connectivity index is 1.46. The van der Waals surface area contributed by atoms with Crippen molar-refractivity contribution in [2.75, 3.05) is 11.1 Å². The van der Waals surface area contributed by atoms with Gasteiger partial charge in [0.05, 0.1) is 5.56 Å². The smallest absolute Gasteiger partial charge is 0.416 e. The van der Waals surface area contributed by atoms with Crippen LogP contribution in [0.5, 0.6) is 11.6 Å². The third-order valence-electron chi connectivity index (χ3n) is 4.42. The van der Waals surface area contributed by atoms with Crippen molar-refractivity contribution in [3.05, 3.63) is 65.9 Å². The Bertz CT molecular complexity index is 1220. The van der Waals surface area contributed by atoms with E-state index in [0.29, 0.717) is 29.4 Å². The zero-order valence-electron chi connectivity index (χ0n) is 16.8. The SMILES string of the molecule is CCc1cc(Oc2ccc(-c3nnc(Nc4cccc(C(F)(F)F)c4)[nH]3)cc2)nc(N)n1. The first-order valence-corrected chi connectivity index (χ1v) is 9.59. The van der Waals surface area contributed by atoms with Gasteiger partial charge in [-0.3, -0.25) is 0 Å². The van der Waals surface area contributed by atoms with Gasteiger partial charge in [0.1, 0.15) is 5.75 Å². The number of aromatic amines is 1. The molecule has 0 amide bonds. The molecule has 0 saturated heterocycles. The number of benzene rings is 2. The Hall–Kier alpha value is -4.15. The van der Waals surface area contributed by atoms with Gasteiger partial charge in [0, 0.05) is 23.0 Å². The summed E-state index contributed by atoms with van der Waals surface area (Å²) < 4.78 is 44.4. The molecule has 164 valence electrons. The average molecular weight is 441 g/mol. The fraction of sp³-hybridized carbons (Fsp3) is 0.143. The van der Waals surface area contributed by atoms with Crippen molar-refractivity contribution in [3.63, 3.8) is 0 Å². The van der Waals surface area contributed by atoms with Crippen LogP contribution in [0.2, 0.25) is 0 Å². The number of halogens is 3. The molecule has 0 aliphatic heterocycles. The van der Waals surface area contributed by atoms with Gasteiger partial charge in [-0.15, -0.1) is 10.2 Å². The van der Waals surface area contributed by atoms with Crippen molar-refractivity contribution in [1.29, 1.82) is 0 Å². The van der Waals surface area contributed by atoms with E-state index in [1.807, 2.05) is 6.92 Å². The number of hydrogen-bond donors (Lipinski definition) is 3. The number of nitrogens with zero attached hydrogens (tertiary/aromatic N) is 4. The summed E-state index contributed by atoms with van der Waals surface area (Å²) in [5, 5.41) is 10.8. The van der Waals surface area contributed by atoms with Gasteiger partial charge in [-0.25, -0.2) is 4.98 Å². The molecular formula is C21H18F3N7O. The van der Waals surface area contributed by atoms with Crippen LogP contribution in [0.3, 0.4) is 0 Å². The minimum Gasteiger partial charge on any atom is -0.439 e. The first-order chi connectivity index (χ1) is 15.3. The van der Waals surface area contributed by atoms with E-state index >= 15 is 0 Å². The molecule has 0 aliphatic carbocycles. The number of anilines is 3. The van der Waals surface area contributed by atoms with Crippen LogP contribution in [0.15, 0.2) is 54.6 Å². The van der Waals surface area contributed by atoms with E-state index in [9.17, 15) is 13.2 Å². The Morgan fingerprint density at radius 2 is 1.81 bits per heavy atom. The number of nitrogens with two attached hydrogens (primary N) is 1. The van der Waals surface area contributed by atoms with E-state index in [1.165, 1.54) is 12.1 Å². The van der Waals surface area contributed by atoms with Crippen LogP contribution >= 0.6 is 0 Å². The lowest BCUT2D eigenvalue weighted by atomic mass is 10.2. The first kappa shape index (κ1) is 21.1. The normalized spacial score (nSPS) is 11.4. The van der Waals surface area contributed by atoms with E-state index in [0.717, 1.165) is 17.8 Å². The summed E-state index contributed by atoms with van der Waals surface area (Å²) in [4.78, 5) is 11.1. The van der Waals surface area contributed by atoms with Crippen LogP contribution in [0.4, 0.5) is 30.8 Å². The van der Waals surface area contributed by atoms with Crippen molar-refractivity contribution < 1.29 is 17.9 Å². The number of rotatable bonds is 6. The summed E-state index contributed by atoms with van der Waals surface area (Å²) in [5.74, 6) is 1.66. The molecule has 0 bridgehead atoms. The number of ether oxygens (including phenoxy) is 1. The maximum absolute atomic E-state index is 12.9. The Labute approximate surface area is 180 Å². The highest BCUT2D eigenvalue weighted by Gasteiger charge is 2.30. The number of hydrogen-bond acceptors (Lipinski definition) is 7. The average Bonchev–Trinajstić information content (AvgIpc) is 3.22. The molecule has 2 heterocycles. The minimum atomic E-state index is -4.43.